The van der Waals surface area contributed by atoms with Crippen molar-refractivity contribution in [3.63, 3.8) is 0 Å². The number of thioether (sulfide) groups is 1. The number of unbranched alkanes of at least 4 members (excludes halogenated alkanes) is 7. The van der Waals surface area contributed by atoms with Crippen LogP contribution in [-0.2, 0) is 15.3 Å². The van der Waals surface area contributed by atoms with Gasteiger partial charge in [0.15, 0.2) is 5.75 Å². The number of fused-ring (bicyclic) bond motifs is 2. The van der Waals surface area contributed by atoms with E-state index in [1.54, 1.807) is 71.4 Å². The molecule has 0 atom stereocenters. The molecule has 0 aliphatic carbocycles. The Morgan fingerprint density at radius 2 is 1.34 bits per heavy atom. The van der Waals surface area contributed by atoms with E-state index in [1.807, 2.05) is 48.5 Å². The Hall–Kier alpha value is -8.12. The smallest absolute Gasteiger partial charge is 0.255 e. The molecule has 0 saturated carbocycles. The quantitative estimate of drug-likeness (QED) is 0.0275. The molecule has 17 nitrogen and oxygen atoms in total. The molecule has 8 rings (SSSR count). The van der Waals surface area contributed by atoms with Gasteiger partial charge in [0.2, 0.25) is 17.0 Å². The van der Waals surface area contributed by atoms with E-state index in [9.17, 15) is 24.3 Å². The van der Waals surface area contributed by atoms with Crippen molar-refractivity contribution in [1.82, 2.24) is 35.6 Å². The number of aromatic nitrogens is 7. The van der Waals surface area contributed by atoms with Gasteiger partial charge in [-0.25, -0.2) is 0 Å². The molecule has 346 valence electrons. The zero-order valence-corrected chi connectivity index (χ0v) is 37.8. The Morgan fingerprint density at radius 3 is 2.07 bits per heavy atom. The van der Waals surface area contributed by atoms with Crippen LogP contribution in [0, 0.1) is 0 Å². The molecular formula is C50H49N11O6S. The number of nitrogens with zero attached hydrogens (tertiary/aromatic N) is 6. The molecule has 0 spiro atoms. The maximum absolute atomic E-state index is 14.0. The van der Waals surface area contributed by atoms with Crippen molar-refractivity contribution in [3.8, 4) is 22.9 Å². The van der Waals surface area contributed by atoms with Crippen molar-refractivity contribution in [3.05, 3.63) is 138 Å². The van der Waals surface area contributed by atoms with E-state index < -0.39 is 11.8 Å². The Bertz CT molecular complexity index is 3070. The van der Waals surface area contributed by atoms with Crippen LogP contribution in [0.2, 0.25) is 0 Å². The molecule has 0 unspecified atom stereocenters. The second-order valence-corrected chi connectivity index (χ2v) is 17.0. The summed E-state index contributed by atoms with van der Waals surface area (Å²) in [5.41, 5.74) is 10.4. The van der Waals surface area contributed by atoms with E-state index in [0.29, 0.717) is 62.7 Å². The summed E-state index contributed by atoms with van der Waals surface area (Å²) < 4.78 is 8.07. The van der Waals surface area contributed by atoms with Gasteiger partial charge in [-0.05, 0) is 95.6 Å². The number of rotatable bonds is 22. The molecule has 68 heavy (non-hydrogen) atoms. The number of ether oxygens (including phenoxy) is 1. The summed E-state index contributed by atoms with van der Waals surface area (Å²) in [6.07, 6.45) is 8.47. The summed E-state index contributed by atoms with van der Waals surface area (Å²) in [6, 6.07) is 35.3. The highest BCUT2D eigenvalue weighted by molar-refractivity contribution is 7.98. The van der Waals surface area contributed by atoms with Crippen LogP contribution in [0.25, 0.3) is 27.5 Å². The number of carbonyl (C=O) groups is 4. The molecule has 0 bridgehead atoms. The highest BCUT2D eigenvalue weighted by atomic mass is 32.2. The summed E-state index contributed by atoms with van der Waals surface area (Å²) in [7, 11) is 0. The molecule has 2 aromatic heterocycles. The lowest BCUT2D eigenvalue weighted by molar-refractivity contribution is -0.117. The molecule has 2 heterocycles. The SMILES string of the molecule is NC(=O)c1cc(Oc2ccc(CSc3nnnn3-c3ccccc3)cc2NC(=O)c2cccc(NC(=O)CCCCCCCCCCC(=O)Nc3ccc4n[nH]nc4c3)c2)c2ccccc2c1O. The van der Waals surface area contributed by atoms with Gasteiger partial charge in [0.05, 0.1) is 16.9 Å². The number of aromatic amines is 1. The largest absolute Gasteiger partial charge is 0.506 e. The first kappa shape index (κ1) is 46.4. The number of benzene rings is 6. The summed E-state index contributed by atoms with van der Waals surface area (Å²) in [5, 5.41) is 44.0. The molecular weight excluding hydrogens is 883 g/mol. The van der Waals surface area contributed by atoms with Crippen LogP contribution in [0.4, 0.5) is 17.1 Å². The first-order chi connectivity index (χ1) is 33.2. The van der Waals surface area contributed by atoms with E-state index >= 15 is 0 Å². The minimum absolute atomic E-state index is 0.0149. The number of phenols is 1. The fraction of sp³-hybridized carbons (Fsp3) is 0.220. The summed E-state index contributed by atoms with van der Waals surface area (Å²) >= 11 is 1.41. The molecule has 7 N–H and O–H groups in total. The molecule has 0 fully saturated rings. The van der Waals surface area contributed by atoms with Gasteiger partial charge in [-0.3, -0.25) is 19.2 Å². The van der Waals surface area contributed by atoms with Crippen molar-refractivity contribution in [1.29, 1.82) is 0 Å². The fourth-order valence-corrected chi connectivity index (χ4v) is 8.48. The molecule has 0 aliphatic rings. The Kier molecular flexibility index (Phi) is 15.3. The first-order valence-electron chi connectivity index (χ1n) is 22.3. The lowest BCUT2D eigenvalue weighted by Gasteiger charge is -2.17. The highest BCUT2D eigenvalue weighted by Gasteiger charge is 2.20. The van der Waals surface area contributed by atoms with E-state index in [4.69, 9.17) is 10.5 Å². The van der Waals surface area contributed by atoms with Crippen LogP contribution in [0.1, 0.15) is 90.5 Å². The molecule has 0 radical (unpaired) electrons. The predicted molar refractivity (Wildman–Crippen MR) is 261 cm³/mol. The summed E-state index contributed by atoms with van der Waals surface area (Å²) in [4.78, 5) is 51.6. The van der Waals surface area contributed by atoms with Crippen molar-refractivity contribution < 1.29 is 29.0 Å². The number of amides is 4. The van der Waals surface area contributed by atoms with Crippen LogP contribution in [-0.4, -0.2) is 64.4 Å². The van der Waals surface area contributed by atoms with Crippen LogP contribution in [0.15, 0.2) is 126 Å². The van der Waals surface area contributed by atoms with E-state index in [2.05, 4.69) is 46.9 Å². The first-order valence-corrected chi connectivity index (χ1v) is 23.3. The molecule has 8 aromatic rings. The Morgan fingerprint density at radius 1 is 0.662 bits per heavy atom. The molecule has 0 saturated heterocycles. The zero-order chi connectivity index (χ0) is 47.2. The lowest BCUT2D eigenvalue weighted by Crippen LogP contribution is -2.15. The number of aromatic hydroxyl groups is 1. The number of para-hydroxylation sites is 1. The normalized spacial score (nSPS) is 11.1. The number of tetrazole rings is 1. The molecule has 18 heteroatoms. The Balaban J connectivity index is 0.843. The topological polar surface area (TPSA) is 245 Å². The second kappa shape index (κ2) is 22.4. The number of nitrogens with one attached hydrogen (secondary N) is 4. The lowest BCUT2D eigenvalue weighted by atomic mass is 10.0. The third-order valence-electron chi connectivity index (χ3n) is 11.1. The maximum Gasteiger partial charge on any atom is 0.255 e. The minimum atomic E-state index is -0.831. The van der Waals surface area contributed by atoms with Crippen LogP contribution in [0.3, 0.4) is 0 Å². The van der Waals surface area contributed by atoms with Crippen LogP contribution < -0.4 is 26.4 Å². The van der Waals surface area contributed by atoms with E-state index in [0.717, 1.165) is 68.1 Å². The van der Waals surface area contributed by atoms with Gasteiger partial charge in [-0.1, -0.05) is 105 Å². The zero-order valence-electron chi connectivity index (χ0n) is 37.0. The van der Waals surface area contributed by atoms with Crippen molar-refractivity contribution in [2.75, 3.05) is 16.0 Å². The minimum Gasteiger partial charge on any atom is -0.506 e. The predicted octanol–water partition coefficient (Wildman–Crippen LogP) is 9.71. The fourth-order valence-electron chi connectivity index (χ4n) is 7.65. The van der Waals surface area contributed by atoms with Crippen molar-refractivity contribution in [2.24, 2.45) is 5.73 Å². The highest BCUT2D eigenvalue weighted by Crippen LogP contribution is 2.40. The van der Waals surface area contributed by atoms with Crippen molar-refractivity contribution >= 4 is 74.3 Å². The average Bonchev–Trinajstić information content (AvgIpc) is 4.03. The standard InChI is InChI=1S/C50H49N11O6S/c51-48(65)39-30-44(37-19-12-13-20-38(37)47(39)64)67-43-26-23-32(31-68-50-57-59-60-61(50)36-17-8-7-9-18-36)27-42(43)54-49(66)33-15-14-16-34(28-33)52-45(62)21-10-5-3-1-2-4-6-11-22-46(63)53-35-24-25-40-41(29-35)56-58-55-40/h7-9,12-20,23-30,64H,1-6,10-11,21-22,31H2,(H2,51,65)(H,52,62)(H,53,63)(H,54,66)(H,55,56,58). The monoisotopic (exact) mass is 931 g/mol. The van der Waals surface area contributed by atoms with Gasteiger partial charge in [0.1, 0.15) is 22.5 Å². The maximum atomic E-state index is 14.0. The van der Waals surface area contributed by atoms with Crippen LogP contribution in [0.5, 0.6) is 17.2 Å². The number of nitrogens with two attached hydrogens (primary N) is 1. The third kappa shape index (κ3) is 12.0. The second-order valence-electron chi connectivity index (χ2n) is 16.1. The number of hydrogen-bond donors (Lipinski definition) is 6. The van der Waals surface area contributed by atoms with Gasteiger partial charge in [-0.15, -0.1) is 5.10 Å². The van der Waals surface area contributed by atoms with Gasteiger partial charge < -0.3 is 31.5 Å². The summed E-state index contributed by atoms with van der Waals surface area (Å²) in [6.45, 7) is 0. The number of H-pyrrole nitrogens is 1. The van der Waals surface area contributed by atoms with Crippen LogP contribution >= 0.6 is 11.8 Å². The Labute approximate surface area is 395 Å². The van der Waals surface area contributed by atoms with Gasteiger partial charge in [0, 0.05) is 46.3 Å². The number of anilines is 3. The number of carbonyl (C=O) groups excluding carboxylic acids is 4. The van der Waals surface area contributed by atoms with E-state index in [-0.39, 0.29) is 34.6 Å². The molecule has 6 aromatic carbocycles. The van der Waals surface area contributed by atoms with Crippen molar-refractivity contribution in [2.45, 2.75) is 75.1 Å². The summed E-state index contributed by atoms with van der Waals surface area (Å²) in [5.74, 6) is -0.773. The average molecular weight is 932 g/mol. The number of primary amides is 1. The van der Waals surface area contributed by atoms with Gasteiger partial charge in [0.25, 0.3) is 11.8 Å². The van der Waals surface area contributed by atoms with Gasteiger partial charge in [-0.2, -0.15) is 20.1 Å². The van der Waals surface area contributed by atoms with E-state index in [1.165, 1.54) is 17.8 Å². The number of hydrogen-bond acceptors (Lipinski definition) is 12. The molecule has 0 aliphatic heterocycles. The third-order valence-corrected chi connectivity index (χ3v) is 12.1. The molecule has 4 amide bonds. The van der Waals surface area contributed by atoms with Gasteiger partial charge >= 0.3 is 0 Å².